The molecular formula is C7H15NO3S. The zero-order valence-electron chi connectivity index (χ0n) is 7.49. The van der Waals surface area contributed by atoms with Crippen molar-refractivity contribution in [1.82, 2.24) is 4.90 Å². The van der Waals surface area contributed by atoms with Gasteiger partial charge in [0.1, 0.15) is 6.23 Å². The Kier molecular flexibility index (Phi) is 3.09. The van der Waals surface area contributed by atoms with E-state index in [4.69, 9.17) is 4.18 Å². The molecule has 1 rings (SSSR count). The third kappa shape index (κ3) is 2.43. The molecule has 1 aliphatic heterocycles. The Labute approximate surface area is 73.6 Å². The molecule has 0 N–H and O–H groups in total. The van der Waals surface area contributed by atoms with Gasteiger partial charge in [0.25, 0.3) is 10.1 Å². The highest BCUT2D eigenvalue weighted by molar-refractivity contribution is 7.86. The monoisotopic (exact) mass is 193 g/mol. The van der Waals surface area contributed by atoms with Crippen molar-refractivity contribution in [3.63, 3.8) is 0 Å². The van der Waals surface area contributed by atoms with E-state index in [9.17, 15) is 8.42 Å². The Morgan fingerprint density at radius 2 is 2.25 bits per heavy atom. The molecule has 1 fully saturated rings. The zero-order valence-corrected chi connectivity index (χ0v) is 8.30. The fourth-order valence-electron chi connectivity index (χ4n) is 1.24. The molecule has 0 aromatic carbocycles. The van der Waals surface area contributed by atoms with E-state index in [-0.39, 0.29) is 12.0 Å². The van der Waals surface area contributed by atoms with E-state index in [1.165, 1.54) is 0 Å². The molecule has 1 unspecified atom stereocenters. The lowest BCUT2D eigenvalue weighted by Gasteiger charge is -2.18. The van der Waals surface area contributed by atoms with E-state index < -0.39 is 10.1 Å². The number of likely N-dealkylation sites (tertiary alicyclic amines) is 1. The SMILES string of the molecule is CCS(=O)(=O)OC1CCCN1C. The molecule has 1 atom stereocenters. The molecule has 0 saturated carbocycles. The summed E-state index contributed by atoms with van der Waals surface area (Å²) in [7, 11) is -1.40. The van der Waals surface area contributed by atoms with Crippen molar-refractivity contribution in [1.29, 1.82) is 0 Å². The van der Waals surface area contributed by atoms with Crippen LogP contribution in [-0.4, -0.2) is 38.9 Å². The van der Waals surface area contributed by atoms with Crippen LogP contribution >= 0.6 is 0 Å². The van der Waals surface area contributed by atoms with Gasteiger partial charge in [-0.25, -0.2) is 0 Å². The van der Waals surface area contributed by atoms with Crippen molar-refractivity contribution in [2.24, 2.45) is 0 Å². The molecule has 12 heavy (non-hydrogen) atoms. The first-order valence-electron chi connectivity index (χ1n) is 4.16. The highest BCUT2D eigenvalue weighted by Gasteiger charge is 2.25. The van der Waals surface area contributed by atoms with E-state index in [1.54, 1.807) is 6.92 Å². The summed E-state index contributed by atoms with van der Waals surface area (Å²) < 4.78 is 27.1. The van der Waals surface area contributed by atoms with Crippen LogP contribution in [0, 0.1) is 0 Å². The normalized spacial score (nSPS) is 26.3. The highest BCUT2D eigenvalue weighted by Crippen LogP contribution is 2.17. The Bertz CT molecular complexity index is 237. The molecule has 5 heteroatoms. The maximum absolute atomic E-state index is 11.1. The predicted octanol–water partition coefficient (Wildman–Crippen LogP) is 0.404. The summed E-state index contributed by atoms with van der Waals surface area (Å²) in [5, 5.41) is 0. The first-order valence-corrected chi connectivity index (χ1v) is 5.74. The number of hydrogen-bond acceptors (Lipinski definition) is 4. The van der Waals surface area contributed by atoms with E-state index in [1.807, 2.05) is 11.9 Å². The molecule has 0 aromatic heterocycles. The van der Waals surface area contributed by atoms with Crippen molar-refractivity contribution >= 4 is 10.1 Å². The van der Waals surface area contributed by atoms with E-state index in [0.29, 0.717) is 0 Å². The summed E-state index contributed by atoms with van der Waals surface area (Å²) in [6.07, 6.45) is 1.60. The van der Waals surface area contributed by atoms with E-state index >= 15 is 0 Å². The molecule has 0 spiro atoms. The van der Waals surface area contributed by atoms with Gasteiger partial charge in [0, 0.05) is 6.54 Å². The van der Waals surface area contributed by atoms with Crippen LogP contribution in [0.3, 0.4) is 0 Å². The summed E-state index contributed by atoms with van der Waals surface area (Å²) in [5.41, 5.74) is 0. The molecule has 0 amide bonds. The molecule has 0 radical (unpaired) electrons. The summed E-state index contributed by atoms with van der Waals surface area (Å²) >= 11 is 0. The number of nitrogens with zero attached hydrogens (tertiary/aromatic N) is 1. The lowest BCUT2D eigenvalue weighted by atomic mass is 10.4. The summed E-state index contributed by atoms with van der Waals surface area (Å²) in [6, 6.07) is 0. The molecule has 0 aliphatic carbocycles. The molecule has 72 valence electrons. The second-order valence-corrected chi connectivity index (χ2v) is 4.91. The van der Waals surface area contributed by atoms with Gasteiger partial charge in [0.15, 0.2) is 0 Å². The quantitative estimate of drug-likeness (QED) is 0.609. The number of rotatable bonds is 3. The van der Waals surface area contributed by atoms with Gasteiger partial charge in [-0.1, -0.05) is 0 Å². The van der Waals surface area contributed by atoms with Crippen LogP contribution in [0.4, 0.5) is 0 Å². The summed E-state index contributed by atoms with van der Waals surface area (Å²) in [5.74, 6) is 0.0529. The maximum atomic E-state index is 11.1. The average Bonchev–Trinajstić information content (AvgIpc) is 2.36. The molecule has 1 heterocycles. The van der Waals surface area contributed by atoms with Gasteiger partial charge >= 0.3 is 0 Å². The smallest absolute Gasteiger partial charge is 0.268 e. The molecule has 0 aromatic rings. The third-order valence-corrected chi connectivity index (χ3v) is 3.29. The van der Waals surface area contributed by atoms with Crippen LogP contribution < -0.4 is 0 Å². The van der Waals surface area contributed by atoms with Crippen LogP contribution in [0.2, 0.25) is 0 Å². The topological polar surface area (TPSA) is 46.6 Å². The van der Waals surface area contributed by atoms with Gasteiger partial charge in [-0.05, 0) is 26.8 Å². The van der Waals surface area contributed by atoms with Crippen molar-refractivity contribution < 1.29 is 12.6 Å². The molecule has 1 aliphatic rings. The summed E-state index contributed by atoms with van der Waals surface area (Å²) in [6.45, 7) is 2.51. The van der Waals surface area contributed by atoms with Gasteiger partial charge in [-0.2, -0.15) is 8.42 Å². The van der Waals surface area contributed by atoms with Gasteiger partial charge in [-0.15, -0.1) is 0 Å². The van der Waals surface area contributed by atoms with Crippen LogP contribution in [0.15, 0.2) is 0 Å². The largest absolute Gasteiger partial charge is 0.280 e. The van der Waals surface area contributed by atoms with E-state index in [0.717, 1.165) is 19.4 Å². The minimum atomic E-state index is -3.28. The predicted molar refractivity (Wildman–Crippen MR) is 46.2 cm³/mol. The Balaban J connectivity index is 2.51. The Morgan fingerprint density at radius 1 is 1.58 bits per heavy atom. The Morgan fingerprint density at radius 3 is 2.67 bits per heavy atom. The minimum absolute atomic E-state index is 0.0529. The molecule has 1 saturated heterocycles. The van der Waals surface area contributed by atoms with Crippen molar-refractivity contribution in [3.05, 3.63) is 0 Å². The lowest BCUT2D eigenvalue weighted by molar-refractivity contribution is 0.0881. The van der Waals surface area contributed by atoms with Gasteiger partial charge < -0.3 is 0 Å². The van der Waals surface area contributed by atoms with Crippen LogP contribution in [0.5, 0.6) is 0 Å². The molecule has 0 bridgehead atoms. The fourth-order valence-corrected chi connectivity index (χ4v) is 1.96. The fraction of sp³-hybridized carbons (Fsp3) is 1.00. The average molecular weight is 193 g/mol. The van der Waals surface area contributed by atoms with Gasteiger partial charge in [-0.3, -0.25) is 9.08 Å². The van der Waals surface area contributed by atoms with Crippen LogP contribution in [0.25, 0.3) is 0 Å². The second kappa shape index (κ2) is 3.72. The van der Waals surface area contributed by atoms with Gasteiger partial charge in [0.05, 0.1) is 5.75 Å². The zero-order chi connectivity index (χ0) is 9.19. The van der Waals surface area contributed by atoms with Crippen LogP contribution in [0.1, 0.15) is 19.8 Å². The Hall–Kier alpha value is -0.130. The summed E-state index contributed by atoms with van der Waals surface area (Å²) in [4.78, 5) is 1.92. The van der Waals surface area contributed by atoms with Crippen molar-refractivity contribution in [2.45, 2.75) is 26.0 Å². The molecule has 4 nitrogen and oxygen atoms in total. The minimum Gasteiger partial charge on any atom is -0.280 e. The third-order valence-electron chi connectivity index (χ3n) is 2.06. The standard InChI is InChI=1S/C7H15NO3S/c1-3-12(9,10)11-7-5-4-6-8(7)2/h7H,3-6H2,1-2H3. The first-order chi connectivity index (χ1) is 5.55. The first kappa shape index (κ1) is 9.95. The van der Waals surface area contributed by atoms with Crippen LogP contribution in [-0.2, 0) is 14.3 Å². The maximum Gasteiger partial charge on any atom is 0.268 e. The lowest BCUT2D eigenvalue weighted by Crippen LogP contribution is -2.30. The van der Waals surface area contributed by atoms with Crippen molar-refractivity contribution in [3.8, 4) is 0 Å². The second-order valence-electron chi connectivity index (χ2n) is 3.02. The van der Waals surface area contributed by atoms with Crippen molar-refractivity contribution in [2.75, 3.05) is 19.3 Å². The van der Waals surface area contributed by atoms with Gasteiger partial charge in [0.2, 0.25) is 0 Å². The van der Waals surface area contributed by atoms with E-state index in [2.05, 4.69) is 0 Å². The molecular weight excluding hydrogens is 178 g/mol. The number of hydrogen-bond donors (Lipinski definition) is 0. The highest BCUT2D eigenvalue weighted by atomic mass is 32.2.